The first-order valence-electron chi connectivity index (χ1n) is 7.91. The Labute approximate surface area is 163 Å². The molecule has 0 unspecified atom stereocenters. The van der Waals surface area contributed by atoms with E-state index in [1.807, 2.05) is 30.3 Å². The van der Waals surface area contributed by atoms with Gasteiger partial charge in [-0.1, -0.05) is 41.9 Å². The summed E-state index contributed by atoms with van der Waals surface area (Å²) in [5, 5.41) is 5.83. The van der Waals surface area contributed by atoms with E-state index in [1.54, 1.807) is 35.1 Å². The van der Waals surface area contributed by atoms with E-state index in [2.05, 4.69) is 21.0 Å². The van der Waals surface area contributed by atoms with Crippen LogP contribution in [0.25, 0.3) is 16.6 Å². The molecule has 0 aliphatic rings. The molecule has 0 bridgehead atoms. The lowest BCUT2D eigenvalue weighted by Gasteiger charge is -2.10. The fourth-order valence-electron chi connectivity index (χ4n) is 2.73. The van der Waals surface area contributed by atoms with Crippen molar-refractivity contribution in [1.29, 1.82) is 0 Å². The summed E-state index contributed by atoms with van der Waals surface area (Å²) in [6.07, 6.45) is 1.72. The number of hydrogen-bond donors (Lipinski definition) is 0. The van der Waals surface area contributed by atoms with Crippen LogP contribution >= 0.6 is 27.5 Å². The molecule has 0 saturated heterocycles. The highest BCUT2D eigenvalue weighted by atomic mass is 79.9. The highest BCUT2D eigenvalue weighted by Gasteiger charge is 2.12. The molecule has 0 radical (unpaired) electrons. The van der Waals surface area contributed by atoms with E-state index in [0.29, 0.717) is 17.3 Å². The quantitative estimate of drug-likeness (QED) is 0.387. The minimum absolute atomic E-state index is 0.202. The van der Waals surface area contributed by atoms with Gasteiger partial charge in [0.05, 0.1) is 17.4 Å². The van der Waals surface area contributed by atoms with Gasteiger partial charge in [-0.25, -0.2) is 9.07 Å². The average molecular weight is 432 g/mol. The summed E-state index contributed by atoms with van der Waals surface area (Å²) in [5.41, 5.74) is 2.37. The lowest BCUT2D eigenvalue weighted by Crippen LogP contribution is -2.00. The lowest BCUT2D eigenvalue weighted by molar-refractivity contribution is 0.290. The van der Waals surface area contributed by atoms with Gasteiger partial charge in [-0.2, -0.15) is 5.10 Å². The Morgan fingerprint density at radius 3 is 2.65 bits per heavy atom. The number of aromatic nitrogens is 2. The minimum Gasteiger partial charge on any atom is -0.486 e. The summed E-state index contributed by atoms with van der Waals surface area (Å²) in [4.78, 5) is 0. The molecule has 4 aromatic rings. The van der Waals surface area contributed by atoms with Crippen LogP contribution in [-0.2, 0) is 6.61 Å². The molecule has 26 heavy (non-hydrogen) atoms. The molecule has 3 aromatic carbocycles. The number of fused-ring (bicyclic) bond motifs is 1. The van der Waals surface area contributed by atoms with Crippen molar-refractivity contribution in [3.05, 3.63) is 87.7 Å². The van der Waals surface area contributed by atoms with Crippen LogP contribution in [0.3, 0.4) is 0 Å². The Balaban J connectivity index is 1.64. The molecule has 6 heteroatoms. The average Bonchev–Trinajstić information content (AvgIpc) is 3.05. The van der Waals surface area contributed by atoms with Crippen molar-refractivity contribution in [2.75, 3.05) is 0 Å². The van der Waals surface area contributed by atoms with Crippen LogP contribution in [-0.4, -0.2) is 9.78 Å². The van der Waals surface area contributed by atoms with E-state index in [4.69, 9.17) is 16.3 Å². The molecule has 0 aliphatic carbocycles. The SMILES string of the molecule is Fc1cc(-n2ncc3c(Br)cc(Cl)cc32)ccc1OCc1ccccc1. The zero-order chi connectivity index (χ0) is 18.1. The second-order valence-electron chi connectivity index (χ2n) is 5.77. The number of rotatable bonds is 4. The second kappa shape index (κ2) is 7.09. The normalized spacial score (nSPS) is 11.0. The molecule has 4 rings (SSSR count). The summed E-state index contributed by atoms with van der Waals surface area (Å²) >= 11 is 9.60. The molecule has 0 atom stereocenters. The molecule has 0 saturated carbocycles. The van der Waals surface area contributed by atoms with Gasteiger partial charge in [0.2, 0.25) is 0 Å². The number of hydrogen-bond acceptors (Lipinski definition) is 2. The van der Waals surface area contributed by atoms with Gasteiger partial charge >= 0.3 is 0 Å². The van der Waals surface area contributed by atoms with E-state index in [0.717, 1.165) is 20.9 Å². The Bertz CT molecular complexity index is 1080. The first-order chi connectivity index (χ1) is 12.6. The Kier molecular flexibility index (Phi) is 4.66. The maximum absolute atomic E-state index is 14.5. The zero-order valence-corrected chi connectivity index (χ0v) is 15.8. The molecule has 1 heterocycles. The molecular formula is C20H13BrClFN2O. The van der Waals surface area contributed by atoms with Gasteiger partial charge in [-0.05, 0) is 45.8 Å². The van der Waals surface area contributed by atoms with Crippen molar-refractivity contribution in [3.8, 4) is 11.4 Å². The summed E-state index contributed by atoms with van der Waals surface area (Å²) in [6, 6.07) is 18.0. The zero-order valence-electron chi connectivity index (χ0n) is 13.5. The monoisotopic (exact) mass is 430 g/mol. The van der Waals surface area contributed by atoms with Crippen molar-refractivity contribution >= 4 is 38.4 Å². The molecule has 1 aromatic heterocycles. The summed E-state index contributed by atoms with van der Waals surface area (Å²) in [5.74, 6) is -0.239. The van der Waals surface area contributed by atoms with E-state index >= 15 is 0 Å². The van der Waals surface area contributed by atoms with Gasteiger partial charge in [0.15, 0.2) is 11.6 Å². The van der Waals surface area contributed by atoms with Crippen molar-refractivity contribution in [1.82, 2.24) is 9.78 Å². The molecular weight excluding hydrogens is 419 g/mol. The van der Waals surface area contributed by atoms with Crippen LogP contribution in [0.5, 0.6) is 5.75 Å². The molecule has 3 nitrogen and oxygen atoms in total. The van der Waals surface area contributed by atoms with E-state index < -0.39 is 5.82 Å². The van der Waals surface area contributed by atoms with Gasteiger partial charge in [0.1, 0.15) is 6.61 Å². The third kappa shape index (κ3) is 3.32. The molecule has 0 fully saturated rings. The maximum atomic E-state index is 14.5. The Hall–Kier alpha value is -2.37. The van der Waals surface area contributed by atoms with Crippen LogP contribution in [0.1, 0.15) is 5.56 Å². The third-order valence-electron chi connectivity index (χ3n) is 4.00. The molecule has 0 amide bonds. The summed E-state index contributed by atoms with van der Waals surface area (Å²) < 4.78 is 22.6. The minimum atomic E-state index is -0.442. The van der Waals surface area contributed by atoms with Crippen LogP contribution < -0.4 is 4.74 Å². The maximum Gasteiger partial charge on any atom is 0.167 e. The van der Waals surface area contributed by atoms with Gasteiger partial charge < -0.3 is 4.74 Å². The lowest BCUT2D eigenvalue weighted by atomic mass is 10.2. The van der Waals surface area contributed by atoms with Gasteiger partial charge in [0, 0.05) is 20.9 Å². The van der Waals surface area contributed by atoms with Crippen molar-refractivity contribution in [2.45, 2.75) is 6.61 Å². The van der Waals surface area contributed by atoms with Gasteiger partial charge in [-0.15, -0.1) is 0 Å². The molecule has 0 aliphatic heterocycles. The van der Waals surface area contributed by atoms with Crippen molar-refractivity contribution in [3.63, 3.8) is 0 Å². The summed E-state index contributed by atoms with van der Waals surface area (Å²) in [7, 11) is 0. The highest BCUT2D eigenvalue weighted by molar-refractivity contribution is 9.10. The largest absolute Gasteiger partial charge is 0.486 e. The first-order valence-corrected chi connectivity index (χ1v) is 9.08. The molecule has 0 spiro atoms. The number of nitrogens with zero attached hydrogens (tertiary/aromatic N) is 2. The van der Waals surface area contributed by atoms with Gasteiger partial charge in [-0.3, -0.25) is 0 Å². The molecule has 0 N–H and O–H groups in total. The predicted molar refractivity (Wildman–Crippen MR) is 105 cm³/mol. The van der Waals surface area contributed by atoms with Crippen LogP contribution in [0.2, 0.25) is 5.02 Å². The van der Waals surface area contributed by atoms with E-state index in [-0.39, 0.29) is 5.75 Å². The Morgan fingerprint density at radius 1 is 1.08 bits per heavy atom. The van der Waals surface area contributed by atoms with E-state index in [1.165, 1.54) is 6.07 Å². The standard InChI is InChI=1S/C20H13BrClFN2O/c21-17-8-14(22)9-19-16(17)11-24-25(19)15-6-7-20(18(23)10-15)26-12-13-4-2-1-3-5-13/h1-11H,12H2. The molecule has 130 valence electrons. The fourth-order valence-corrected chi connectivity index (χ4v) is 3.63. The fraction of sp³-hybridized carbons (Fsp3) is 0.0500. The second-order valence-corrected chi connectivity index (χ2v) is 7.06. The van der Waals surface area contributed by atoms with E-state index in [9.17, 15) is 4.39 Å². The predicted octanol–water partition coefficient (Wildman–Crippen LogP) is 6.16. The smallest absolute Gasteiger partial charge is 0.167 e. The topological polar surface area (TPSA) is 27.1 Å². The van der Waals surface area contributed by atoms with Crippen molar-refractivity contribution in [2.24, 2.45) is 0 Å². The number of ether oxygens (including phenoxy) is 1. The number of benzene rings is 3. The first kappa shape index (κ1) is 17.1. The summed E-state index contributed by atoms with van der Waals surface area (Å²) in [6.45, 7) is 0.310. The number of halogens is 3. The van der Waals surface area contributed by atoms with Crippen LogP contribution in [0.4, 0.5) is 4.39 Å². The van der Waals surface area contributed by atoms with Crippen LogP contribution in [0.15, 0.2) is 71.3 Å². The van der Waals surface area contributed by atoms with Crippen molar-refractivity contribution < 1.29 is 9.13 Å². The highest BCUT2D eigenvalue weighted by Crippen LogP contribution is 2.30. The third-order valence-corrected chi connectivity index (χ3v) is 4.87. The van der Waals surface area contributed by atoms with Gasteiger partial charge in [0.25, 0.3) is 0 Å². The van der Waals surface area contributed by atoms with Crippen LogP contribution in [0, 0.1) is 5.82 Å². The Morgan fingerprint density at radius 2 is 1.88 bits per heavy atom.